The van der Waals surface area contributed by atoms with Crippen LogP contribution in [-0.2, 0) is 0 Å². The molecule has 0 aromatic heterocycles. The maximum atomic E-state index is 4.76. The molecule has 0 aromatic rings. The van der Waals surface area contributed by atoms with Gasteiger partial charge in [0.2, 0.25) is 0 Å². The topological polar surface area (TPSA) is 27.6 Å². The third-order valence-corrected chi connectivity index (χ3v) is 4.50. The molecule has 2 atom stereocenters. The maximum absolute atomic E-state index is 4.76. The second kappa shape index (κ2) is 6.64. The van der Waals surface area contributed by atoms with Gasteiger partial charge in [-0.15, -0.1) is 0 Å². The van der Waals surface area contributed by atoms with E-state index in [0.717, 1.165) is 6.54 Å². The van der Waals surface area contributed by atoms with Crippen molar-refractivity contribution in [2.75, 3.05) is 25.4 Å². The normalized spacial score (nSPS) is 27.9. The minimum atomic E-state index is 0.523. The van der Waals surface area contributed by atoms with Crippen LogP contribution in [-0.4, -0.2) is 47.5 Å². The molecule has 2 heterocycles. The summed E-state index contributed by atoms with van der Waals surface area (Å²) < 4.78 is 0. The second-order valence-electron chi connectivity index (χ2n) is 5.19. The van der Waals surface area contributed by atoms with Crippen molar-refractivity contribution in [3.8, 4) is 0 Å². The fraction of sp³-hybridized carbons (Fsp3) is 0.923. The first-order valence-electron chi connectivity index (χ1n) is 6.97. The van der Waals surface area contributed by atoms with Crippen LogP contribution in [0.4, 0.5) is 0 Å². The van der Waals surface area contributed by atoms with Gasteiger partial charge in [-0.3, -0.25) is 4.99 Å². The van der Waals surface area contributed by atoms with Crippen LogP contribution in [0.1, 0.15) is 39.5 Å². The van der Waals surface area contributed by atoms with Crippen molar-refractivity contribution in [2.24, 2.45) is 4.99 Å². The molecular weight excluding hydrogens is 230 g/mol. The molecule has 0 spiro atoms. The lowest BCUT2D eigenvalue weighted by molar-refractivity contribution is 0.312. The van der Waals surface area contributed by atoms with E-state index in [1.54, 1.807) is 0 Å². The smallest absolute Gasteiger partial charge is 0.157 e. The predicted octanol–water partition coefficient (Wildman–Crippen LogP) is 2.33. The van der Waals surface area contributed by atoms with E-state index in [2.05, 4.69) is 24.1 Å². The van der Waals surface area contributed by atoms with E-state index in [9.17, 15) is 0 Å². The van der Waals surface area contributed by atoms with Gasteiger partial charge in [-0.25, -0.2) is 0 Å². The van der Waals surface area contributed by atoms with Gasteiger partial charge in [0.05, 0.1) is 6.04 Å². The van der Waals surface area contributed by atoms with Gasteiger partial charge in [0.15, 0.2) is 5.17 Å². The highest BCUT2D eigenvalue weighted by Gasteiger charge is 2.18. The molecule has 1 N–H and O–H groups in total. The summed E-state index contributed by atoms with van der Waals surface area (Å²) in [4.78, 5) is 7.32. The van der Waals surface area contributed by atoms with Crippen molar-refractivity contribution < 1.29 is 0 Å². The molecule has 1 saturated heterocycles. The van der Waals surface area contributed by atoms with Crippen molar-refractivity contribution in [2.45, 2.75) is 51.6 Å². The summed E-state index contributed by atoms with van der Waals surface area (Å²) in [6.07, 6.45) is 5.17. The molecule has 1 fully saturated rings. The first-order chi connectivity index (χ1) is 8.28. The first-order valence-corrected chi connectivity index (χ1v) is 7.96. The largest absolute Gasteiger partial charge is 0.361 e. The minimum absolute atomic E-state index is 0.523. The van der Waals surface area contributed by atoms with Crippen molar-refractivity contribution >= 4 is 16.9 Å². The number of nitrogens with one attached hydrogen (secondary N) is 1. The summed E-state index contributed by atoms with van der Waals surface area (Å²) in [5, 5.41) is 4.76. The van der Waals surface area contributed by atoms with E-state index in [4.69, 9.17) is 4.99 Å². The van der Waals surface area contributed by atoms with Gasteiger partial charge in [0.25, 0.3) is 0 Å². The van der Waals surface area contributed by atoms with Gasteiger partial charge < -0.3 is 10.2 Å². The van der Waals surface area contributed by atoms with Crippen LogP contribution < -0.4 is 5.32 Å². The molecule has 98 valence electrons. The van der Waals surface area contributed by atoms with Crippen molar-refractivity contribution in [1.29, 1.82) is 0 Å². The maximum Gasteiger partial charge on any atom is 0.157 e. The molecule has 2 unspecified atom stereocenters. The van der Waals surface area contributed by atoms with Crippen LogP contribution in [0.5, 0.6) is 0 Å². The van der Waals surface area contributed by atoms with Gasteiger partial charge in [-0.2, -0.15) is 0 Å². The Bertz CT molecular complexity index is 261. The zero-order chi connectivity index (χ0) is 12.1. The molecule has 3 nitrogen and oxygen atoms in total. The number of thioether (sulfide) groups is 1. The van der Waals surface area contributed by atoms with E-state index < -0.39 is 0 Å². The fourth-order valence-electron chi connectivity index (χ4n) is 2.54. The molecule has 0 amide bonds. The second-order valence-corrected chi connectivity index (χ2v) is 6.27. The average molecular weight is 255 g/mol. The third kappa shape index (κ3) is 4.18. The molecule has 2 aliphatic rings. The molecule has 0 radical (unpaired) electrons. The summed E-state index contributed by atoms with van der Waals surface area (Å²) in [5.74, 6) is 1.22. The fourth-order valence-corrected chi connectivity index (χ4v) is 3.63. The van der Waals surface area contributed by atoms with Crippen molar-refractivity contribution in [1.82, 2.24) is 10.2 Å². The molecule has 4 heteroatoms. The summed E-state index contributed by atoms with van der Waals surface area (Å²) in [5.41, 5.74) is 0. The summed E-state index contributed by atoms with van der Waals surface area (Å²) in [6.45, 7) is 8.23. The van der Waals surface area contributed by atoms with E-state index in [-0.39, 0.29) is 0 Å². The van der Waals surface area contributed by atoms with E-state index in [1.165, 1.54) is 49.7 Å². The Hall–Kier alpha value is -0.220. The van der Waals surface area contributed by atoms with Crippen molar-refractivity contribution in [3.05, 3.63) is 0 Å². The highest BCUT2D eigenvalue weighted by atomic mass is 32.2. The Morgan fingerprint density at radius 3 is 2.94 bits per heavy atom. The number of hydrogen-bond acceptors (Lipinski definition) is 4. The number of amidine groups is 1. The Balaban J connectivity index is 1.76. The van der Waals surface area contributed by atoms with Crippen LogP contribution in [0.2, 0.25) is 0 Å². The Kier molecular flexibility index (Phi) is 5.16. The standard InChI is InChI=1S/C13H25N3S/c1-3-12-6-9-17-13(15-12)14-11(2)10-16-7-4-5-8-16/h11-12H,3-10H2,1-2H3,(H,14,15). The van der Waals surface area contributed by atoms with Crippen LogP contribution in [0, 0.1) is 0 Å². The molecule has 0 aromatic carbocycles. The Morgan fingerprint density at radius 1 is 1.47 bits per heavy atom. The predicted molar refractivity (Wildman–Crippen MR) is 76.9 cm³/mol. The molecule has 2 aliphatic heterocycles. The van der Waals surface area contributed by atoms with E-state index >= 15 is 0 Å². The molecule has 0 saturated carbocycles. The van der Waals surface area contributed by atoms with Gasteiger partial charge in [0, 0.05) is 18.3 Å². The molecular formula is C13H25N3S. The zero-order valence-electron chi connectivity index (χ0n) is 11.1. The minimum Gasteiger partial charge on any atom is -0.361 e. The number of rotatable bonds is 4. The lowest BCUT2D eigenvalue weighted by Crippen LogP contribution is -2.41. The third-order valence-electron chi connectivity index (χ3n) is 3.56. The van der Waals surface area contributed by atoms with Gasteiger partial charge in [0.1, 0.15) is 0 Å². The number of aliphatic imine (C=N–C) groups is 1. The van der Waals surface area contributed by atoms with Crippen LogP contribution in [0.15, 0.2) is 4.99 Å². The highest BCUT2D eigenvalue weighted by molar-refractivity contribution is 8.13. The van der Waals surface area contributed by atoms with Crippen molar-refractivity contribution in [3.63, 3.8) is 0 Å². The Labute approximate surface area is 109 Å². The molecule has 0 bridgehead atoms. The summed E-state index contributed by atoms with van der Waals surface area (Å²) in [7, 11) is 0. The zero-order valence-corrected chi connectivity index (χ0v) is 11.9. The summed E-state index contributed by atoms with van der Waals surface area (Å²) in [6, 6.07) is 1.08. The quantitative estimate of drug-likeness (QED) is 0.835. The van der Waals surface area contributed by atoms with Gasteiger partial charge >= 0.3 is 0 Å². The van der Waals surface area contributed by atoms with Gasteiger partial charge in [-0.05, 0) is 45.7 Å². The number of nitrogens with zero attached hydrogens (tertiary/aromatic N) is 2. The molecule has 2 rings (SSSR count). The SMILES string of the molecule is CCC1CCSC(NC(C)CN2CCCC2)=N1. The highest BCUT2D eigenvalue weighted by Crippen LogP contribution is 2.18. The first kappa shape index (κ1) is 13.2. The summed E-state index contributed by atoms with van der Waals surface area (Å²) >= 11 is 1.89. The van der Waals surface area contributed by atoms with Crippen LogP contribution in [0.25, 0.3) is 0 Å². The number of hydrogen-bond donors (Lipinski definition) is 1. The lowest BCUT2D eigenvalue weighted by atomic mass is 10.2. The molecule has 17 heavy (non-hydrogen) atoms. The van der Waals surface area contributed by atoms with E-state index in [0.29, 0.717) is 12.1 Å². The van der Waals surface area contributed by atoms with Crippen LogP contribution >= 0.6 is 11.8 Å². The van der Waals surface area contributed by atoms with Crippen LogP contribution in [0.3, 0.4) is 0 Å². The van der Waals surface area contributed by atoms with Gasteiger partial charge in [-0.1, -0.05) is 18.7 Å². The Morgan fingerprint density at radius 2 is 2.24 bits per heavy atom. The molecule has 0 aliphatic carbocycles. The van der Waals surface area contributed by atoms with E-state index in [1.807, 2.05) is 11.8 Å². The average Bonchev–Trinajstić information content (AvgIpc) is 2.82. The number of likely N-dealkylation sites (tertiary alicyclic amines) is 1. The lowest BCUT2D eigenvalue weighted by Gasteiger charge is -2.25. The monoisotopic (exact) mass is 255 g/mol.